The van der Waals surface area contributed by atoms with Gasteiger partial charge in [0.1, 0.15) is 11.6 Å². The van der Waals surface area contributed by atoms with Gasteiger partial charge in [0, 0.05) is 38.3 Å². The van der Waals surface area contributed by atoms with Gasteiger partial charge in [0.15, 0.2) is 5.82 Å². The van der Waals surface area contributed by atoms with Crippen molar-refractivity contribution in [2.45, 2.75) is 56.9 Å². The van der Waals surface area contributed by atoms with E-state index in [1.807, 2.05) is 12.3 Å². The third kappa shape index (κ3) is 3.02. The van der Waals surface area contributed by atoms with E-state index in [1.54, 1.807) is 0 Å². The quantitative estimate of drug-likeness (QED) is 0.845. The molecule has 0 spiro atoms. The van der Waals surface area contributed by atoms with E-state index < -0.39 is 0 Å². The lowest BCUT2D eigenvalue weighted by atomic mass is 10.0. The zero-order chi connectivity index (χ0) is 17.5. The van der Waals surface area contributed by atoms with Gasteiger partial charge >= 0.3 is 0 Å². The SMILES string of the molecule is CN(c1ccnc(C2CC2)n1)C1CCCN(c2cc3c(nn2)CCC3)C1. The number of nitrogens with zero attached hydrogens (tertiary/aromatic N) is 6. The number of hydrogen-bond acceptors (Lipinski definition) is 6. The zero-order valence-electron chi connectivity index (χ0n) is 15.4. The van der Waals surface area contributed by atoms with E-state index in [4.69, 9.17) is 4.98 Å². The van der Waals surface area contributed by atoms with Crippen LogP contribution in [0, 0.1) is 0 Å². The fourth-order valence-electron chi connectivity index (χ4n) is 4.24. The fourth-order valence-corrected chi connectivity index (χ4v) is 4.24. The number of rotatable bonds is 4. The van der Waals surface area contributed by atoms with Crippen LogP contribution in [-0.2, 0) is 12.8 Å². The van der Waals surface area contributed by atoms with Gasteiger partial charge in [0.2, 0.25) is 0 Å². The van der Waals surface area contributed by atoms with Crippen LogP contribution >= 0.6 is 0 Å². The molecule has 1 saturated heterocycles. The van der Waals surface area contributed by atoms with E-state index in [-0.39, 0.29) is 0 Å². The molecule has 1 atom stereocenters. The number of aryl methyl sites for hydroxylation is 2. The first-order valence-electron chi connectivity index (χ1n) is 9.94. The molecule has 3 aliphatic rings. The average Bonchev–Trinajstić information content (AvgIpc) is 3.45. The molecule has 3 heterocycles. The normalized spacial score (nSPS) is 22.3. The van der Waals surface area contributed by atoms with Crippen molar-refractivity contribution in [1.82, 2.24) is 20.2 Å². The number of anilines is 2. The molecule has 2 aliphatic carbocycles. The standard InChI is InChI=1S/C20H26N6/c1-25(18-9-10-21-20(22-18)14-7-8-14)16-5-3-11-26(13-16)19-12-15-4-2-6-17(15)23-24-19/h9-10,12,14,16H,2-8,11,13H2,1H3. The van der Waals surface area contributed by atoms with Crippen LogP contribution in [0.1, 0.15) is 55.1 Å². The Morgan fingerprint density at radius 2 is 2.04 bits per heavy atom. The molecular formula is C20H26N6. The summed E-state index contributed by atoms with van der Waals surface area (Å²) in [6.07, 6.45) is 10.2. The molecule has 2 aromatic rings. The Hall–Kier alpha value is -2.24. The Balaban J connectivity index is 1.33. The molecule has 1 unspecified atom stereocenters. The molecule has 5 rings (SSSR count). The molecule has 26 heavy (non-hydrogen) atoms. The van der Waals surface area contributed by atoms with Gasteiger partial charge in [-0.05, 0) is 62.6 Å². The molecule has 2 aromatic heterocycles. The van der Waals surface area contributed by atoms with Crippen molar-refractivity contribution in [3.05, 3.63) is 35.4 Å². The van der Waals surface area contributed by atoms with Crippen LogP contribution in [0.4, 0.5) is 11.6 Å². The van der Waals surface area contributed by atoms with Gasteiger partial charge in [-0.1, -0.05) is 0 Å². The summed E-state index contributed by atoms with van der Waals surface area (Å²) in [6.45, 7) is 2.04. The molecule has 136 valence electrons. The van der Waals surface area contributed by atoms with Gasteiger partial charge < -0.3 is 9.80 Å². The Morgan fingerprint density at radius 1 is 1.12 bits per heavy atom. The number of fused-ring (bicyclic) bond motifs is 1. The summed E-state index contributed by atoms with van der Waals surface area (Å²) in [5.41, 5.74) is 2.60. The number of aromatic nitrogens is 4. The highest BCUT2D eigenvalue weighted by atomic mass is 15.3. The lowest BCUT2D eigenvalue weighted by Crippen LogP contribution is -2.47. The van der Waals surface area contributed by atoms with E-state index in [1.165, 1.54) is 43.4 Å². The number of piperidine rings is 1. The molecule has 0 amide bonds. The third-order valence-electron chi connectivity index (χ3n) is 6.04. The van der Waals surface area contributed by atoms with E-state index >= 15 is 0 Å². The number of likely N-dealkylation sites (N-methyl/N-ethyl adjacent to an activating group) is 1. The van der Waals surface area contributed by atoms with Crippen LogP contribution in [0.25, 0.3) is 0 Å². The van der Waals surface area contributed by atoms with Crippen LogP contribution in [0.15, 0.2) is 18.3 Å². The zero-order valence-corrected chi connectivity index (χ0v) is 15.4. The smallest absolute Gasteiger partial charge is 0.151 e. The molecular weight excluding hydrogens is 324 g/mol. The van der Waals surface area contributed by atoms with Crippen LogP contribution in [0.3, 0.4) is 0 Å². The molecule has 1 saturated carbocycles. The van der Waals surface area contributed by atoms with Crippen molar-refractivity contribution in [3.63, 3.8) is 0 Å². The monoisotopic (exact) mass is 350 g/mol. The third-order valence-corrected chi connectivity index (χ3v) is 6.04. The van der Waals surface area contributed by atoms with Crippen LogP contribution in [-0.4, -0.2) is 46.3 Å². The van der Waals surface area contributed by atoms with E-state index in [9.17, 15) is 0 Å². The Bertz CT molecular complexity index is 803. The van der Waals surface area contributed by atoms with Gasteiger partial charge in [-0.15, -0.1) is 5.10 Å². The summed E-state index contributed by atoms with van der Waals surface area (Å²) in [6, 6.07) is 4.76. The maximum atomic E-state index is 4.82. The van der Waals surface area contributed by atoms with Crippen LogP contribution in [0.2, 0.25) is 0 Å². The molecule has 0 aromatic carbocycles. The first-order valence-corrected chi connectivity index (χ1v) is 9.94. The van der Waals surface area contributed by atoms with Crippen molar-refractivity contribution in [2.75, 3.05) is 29.9 Å². The summed E-state index contributed by atoms with van der Waals surface area (Å²) in [5.74, 6) is 3.71. The minimum absolute atomic E-state index is 0.445. The molecule has 0 radical (unpaired) electrons. The average molecular weight is 350 g/mol. The maximum Gasteiger partial charge on any atom is 0.151 e. The van der Waals surface area contributed by atoms with Crippen molar-refractivity contribution >= 4 is 11.6 Å². The van der Waals surface area contributed by atoms with Crippen molar-refractivity contribution in [2.24, 2.45) is 0 Å². The first-order chi connectivity index (χ1) is 12.8. The largest absolute Gasteiger partial charge is 0.355 e. The molecule has 0 bridgehead atoms. The molecule has 6 nitrogen and oxygen atoms in total. The van der Waals surface area contributed by atoms with E-state index in [0.717, 1.165) is 43.4 Å². The second-order valence-electron chi connectivity index (χ2n) is 7.93. The lowest BCUT2D eigenvalue weighted by Gasteiger charge is -2.38. The second kappa shape index (κ2) is 6.49. The van der Waals surface area contributed by atoms with Crippen LogP contribution in [0.5, 0.6) is 0 Å². The van der Waals surface area contributed by atoms with Gasteiger partial charge in [-0.25, -0.2) is 9.97 Å². The molecule has 2 fully saturated rings. The Morgan fingerprint density at radius 3 is 2.92 bits per heavy atom. The van der Waals surface area contributed by atoms with Gasteiger partial charge in [0.25, 0.3) is 0 Å². The lowest BCUT2D eigenvalue weighted by molar-refractivity contribution is 0.481. The first kappa shape index (κ1) is 16.0. The van der Waals surface area contributed by atoms with Crippen LogP contribution < -0.4 is 9.80 Å². The summed E-state index contributed by atoms with van der Waals surface area (Å²) >= 11 is 0. The summed E-state index contributed by atoms with van der Waals surface area (Å²) in [7, 11) is 2.17. The molecule has 1 aliphatic heterocycles. The Labute approximate surface area is 154 Å². The van der Waals surface area contributed by atoms with Gasteiger partial charge in [-0.3, -0.25) is 0 Å². The molecule has 6 heteroatoms. The highest BCUT2D eigenvalue weighted by molar-refractivity contribution is 5.45. The predicted molar refractivity (Wildman–Crippen MR) is 102 cm³/mol. The predicted octanol–water partition coefficient (Wildman–Crippen LogP) is 2.74. The second-order valence-corrected chi connectivity index (χ2v) is 7.93. The summed E-state index contributed by atoms with van der Waals surface area (Å²) in [4.78, 5) is 14.0. The van der Waals surface area contributed by atoms with Crippen molar-refractivity contribution < 1.29 is 0 Å². The van der Waals surface area contributed by atoms with Gasteiger partial charge in [-0.2, -0.15) is 5.10 Å². The molecule has 0 N–H and O–H groups in total. The highest BCUT2D eigenvalue weighted by Gasteiger charge is 2.29. The van der Waals surface area contributed by atoms with Crippen molar-refractivity contribution in [3.8, 4) is 0 Å². The topological polar surface area (TPSA) is 58.0 Å². The highest BCUT2D eigenvalue weighted by Crippen LogP contribution is 2.38. The number of hydrogen-bond donors (Lipinski definition) is 0. The van der Waals surface area contributed by atoms with E-state index in [0.29, 0.717) is 12.0 Å². The minimum Gasteiger partial charge on any atom is -0.355 e. The van der Waals surface area contributed by atoms with Gasteiger partial charge in [0.05, 0.1) is 5.69 Å². The summed E-state index contributed by atoms with van der Waals surface area (Å²) < 4.78 is 0. The maximum absolute atomic E-state index is 4.82. The summed E-state index contributed by atoms with van der Waals surface area (Å²) in [5, 5.41) is 8.99. The van der Waals surface area contributed by atoms with E-state index in [2.05, 4.69) is 38.1 Å². The van der Waals surface area contributed by atoms with Crippen molar-refractivity contribution in [1.29, 1.82) is 0 Å². The minimum atomic E-state index is 0.445. The Kier molecular flexibility index (Phi) is 3.98. The fraction of sp³-hybridized carbons (Fsp3) is 0.600.